The van der Waals surface area contributed by atoms with Crippen LogP contribution in [0.4, 0.5) is 4.39 Å². The molecule has 0 aliphatic rings. The third kappa shape index (κ3) is 5.44. The molecule has 0 aliphatic carbocycles. The van der Waals surface area contributed by atoms with E-state index in [4.69, 9.17) is 10.2 Å². The maximum absolute atomic E-state index is 12.9. The molecule has 8 nitrogen and oxygen atoms in total. The van der Waals surface area contributed by atoms with E-state index in [1.165, 1.54) is 0 Å². The van der Waals surface area contributed by atoms with Gasteiger partial charge in [-0.15, -0.1) is 0 Å². The minimum atomic E-state index is -4.26. The van der Waals surface area contributed by atoms with E-state index in [-0.39, 0.29) is 19.3 Å². The monoisotopic (exact) mass is 320 g/mol. The van der Waals surface area contributed by atoms with Crippen LogP contribution >= 0.6 is 0 Å². The molecule has 0 spiro atoms. The molecule has 0 amide bonds. The second-order valence-corrected chi connectivity index (χ2v) is 5.85. The van der Waals surface area contributed by atoms with Gasteiger partial charge in [0.1, 0.15) is 16.8 Å². The number of carboxylic acid groups (broad SMARTS) is 2. The van der Waals surface area contributed by atoms with E-state index in [2.05, 4.69) is 4.98 Å². The second kappa shape index (κ2) is 7.09. The molecule has 1 aromatic heterocycles. The molecule has 0 radical (unpaired) electrons. The number of hydrogen-bond donors (Lipinski definition) is 3. The Labute approximate surface area is 119 Å². The fourth-order valence-electron chi connectivity index (χ4n) is 1.48. The van der Waals surface area contributed by atoms with Crippen LogP contribution in [0, 0.1) is 5.82 Å². The Bertz CT molecular complexity index is 633. The number of nitrogens with one attached hydrogen (secondary N) is 1. The summed E-state index contributed by atoms with van der Waals surface area (Å²) in [6.45, 7) is 0. The van der Waals surface area contributed by atoms with Gasteiger partial charge in [0.2, 0.25) is 10.0 Å². The number of carbonyl (C=O) groups is 2. The van der Waals surface area contributed by atoms with Gasteiger partial charge in [-0.25, -0.2) is 12.8 Å². The Hall–Kier alpha value is -2.07. The van der Waals surface area contributed by atoms with Gasteiger partial charge in [-0.3, -0.25) is 14.6 Å². The zero-order chi connectivity index (χ0) is 16.0. The normalized spacial score (nSPS) is 12.8. The van der Waals surface area contributed by atoms with Crippen molar-refractivity contribution in [2.24, 2.45) is 0 Å². The topological polar surface area (TPSA) is 134 Å². The fourth-order valence-corrected chi connectivity index (χ4v) is 2.68. The smallest absolute Gasteiger partial charge is 0.321 e. The van der Waals surface area contributed by atoms with Crippen molar-refractivity contribution in [1.82, 2.24) is 9.71 Å². The number of halogens is 1. The molecule has 10 heteroatoms. The highest BCUT2D eigenvalue weighted by atomic mass is 32.2. The zero-order valence-electron chi connectivity index (χ0n) is 10.7. The standard InChI is InChI=1S/C11H13FN2O6S/c12-7-4-8(6-13-5-7)21(19,20)14-9(11(17)18)2-1-3-10(15)16/h4-6,9,14H,1-3H2,(H,15,16)(H,17,18)/t9-/m1/s1. The van der Waals surface area contributed by atoms with E-state index in [0.29, 0.717) is 6.07 Å². The average molecular weight is 320 g/mol. The second-order valence-electron chi connectivity index (χ2n) is 4.14. The van der Waals surface area contributed by atoms with E-state index >= 15 is 0 Å². The van der Waals surface area contributed by atoms with Crippen molar-refractivity contribution >= 4 is 22.0 Å². The van der Waals surface area contributed by atoms with Gasteiger partial charge < -0.3 is 10.2 Å². The van der Waals surface area contributed by atoms with Gasteiger partial charge in [0, 0.05) is 12.6 Å². The Balaban J connectivity index is 2.82. The highest BCUT2D eigenvalue weighted by Crippen LogP contribution is 2.11. The molecule has 1 rings (SSSR count). The summed E-state index contributed by atoms with van der Waals surface area (Å²) in [5.74, 6) is -3.44. The van der Waals surface area contributed by atoms with Crippen molar-refractivity contribution in [2.45, 2.75) is 30.2 Å². The third-order valence-electron chi connectivity index (χ3n) is 2.47. The van der Waals surface area contributed by atoms with Gasteiger partial charge in [-0.1, -0.05) is 0 Å². The summed E-state index contributed by atoms with van der Waals surface area (Å²) < 4.78 is 38.6. The quantitative estimate of drug-likeness (QED) is 0.623. The van der Waals surface area contributed by atoms with Crippen molar-refractivity contribution in [3.63, 3.8) is 0 Å². The van der Waals surface area contributed by atoms with Crippen LogP contribution in [0.25, 0.3) is 0 Å². The molecule has 0 aliphatic heterocycles. The predicted molar refractivity (Wildman–Crippen MR) is 67.4 cm³/mol. The molecule has 116 valence electrons. The highest BCUT2D eigenvalue weighted by molar-refractivity contribution is 7.89. The zero-order valence-corrected chi connectivity index (χ0v) is 11.5. The SMILES string of the molecule is O=C(O)CCC[C@@H](NS(=O)(=O)c1cncc(F)c1)C(=O)O. The van der Waals surface area contributed by atoms with Gasteiger partial charge in [0.05, 0.1) is 6.20 Å². The van der Waals surface area contributed by atoms with Crippen LogP contribution in [-0.2, 0) is 19.6 Å². The summed E-state index contributed by atoms with van der Waals surface area (Å²) in [4.78, 5) is 24.2. The first-order valence-corrected chi connectivity index (χ1v) is 7.28. The molecule has 0 aromatic carbocycles. The third-order valence-corrected chi connectivity index (χ3v) is 3.91. The Morgan fingerprint density at radius 1 is 1.33 bits per heavy atom. The molecular formula is C11H13FN2O6S. The van der Waals surface area contributed by atoms with Crippen molar-refractivity contribution < 1.29 is 32.6 Å². The summed E-state index contributed by atoms with van der Waals surface area (Å²) in [6, 6.07) is -0.802. The molecule has 1 atom stereocenters. The van der Waals surface area contributed by atoms with Crippen molar-refractivity contribution in [2.75, 3.05) is 0 Å². The van der Waals surface area contributed by atoms with Crippen molar-refractivity contribution in [1.29, 1.82) is 0 Å². The molecule has 1 aromatic rings. The van der Waals surface area contributed by atoms with Crippen molar-refractivity contribution in [3.8, 4) is 0 Å². The van der Waals surface area contributed by atoms with E-state index in [1.807, 2.05) is 4.72 Å². The first-order chi connectivity index (χ1) is 9.72. The summed E-state index contributed by atoms with van der Waals surface area (Å²) in [5.41, 5.74) is 0. The van der Waals surface area contributed by atoms with Crippen LogP contribution < -0.4 is 4.72 Å². The molecule has 1 heterocycles. The van der Waals surface area contributed by atoms with Gasteiger partial charge in [0.15, 0.2) is 0 Å². The van der Waals surface area contributed by atoms with Crippen molar-refractivity contribution in [3.05, 3.63) is 24.3 Å². The first kappa shape index (κ1) is 17.0. The predicted octanol–water partition coefficient (Wildman–Crippen LogP) is 0.207. The molecule has 0 saturated carbocycles. The van der Waals surface area contributed by atoms with E-state index < -0.39 is 38.7 Å². The molecule has 21 heavy (non-hydrogen) atoms. The Morgan fingerprint density at radius 2 is 2.00 bits per heavy atom. The van der Waals surface area contributed by atoms with E-state index in [9.17, 15) is 22.4 Å². The fraction of sp³-hybridized carbons (Fsp3) is 0.364. The van der Waals surface area contributed by atoms with Crippen LogP contribution in [0.15, 0.2) is 23.4 Å². The van der Waals surface area contributed by atoms with Crippen LogP contribution in [0.5, 0.6) is 0 Å². The molecule has 0 bridgehead atoms. The van der Waals surface area contributed by atoms with Crippen LogP contribution in [-0.4, -0.2) is 41.6 Å². The van der Waals surface area contributed by atoms with Crippen LogP contribution in [0.1, 0.15) is 19.3 Å². The van der Waals surface area contributed by atoms with Gasteiger partial charge in [0.25, 0.3) is 0 Å². The van der Waals surface area contributed by atoms with E-state index in [1.54, 1.807) is 0 Å². The summed E-state index contributed by atoms with van der Waals surface area (Å²) in [6.07, 6.45) is 1.18. The minimum absolute atomic E-state index is 0.0176. The number of nitrogens with zero attached hydrogens (tertiary/aromatic N) is 1. The number of rotatable bonds is 8. The number of pyridine rings is 1. The molecular weight excluding hydrogens is 307 g/mol. The Kier molecular flexibility index (Phi) is 5.73. The molecule has 0 unspecified atom stereocenters. The lowest BCUT2D eigenvalue weighted by Crippen LogP contribution is -2.40. The number of sulfonamides is 1. The van der Waals surface area contributed by atoms with Crippen LogP contribution in [0.2, 0.25) is 0 Å². The number of aromatic nitrogens is 1. The minimum Gasteiger partial charge on any atom is -0.481 e. The average Bonchev–Trinajstić information content (AvgIpc) is 2.37. The lowest BCUT2D eigenvalue weighted by Gasteiger charge is -2.14. The van der Waals surface area contributed by atoms with Gasteiger partial charge in [-0.2, -0.15) is 4.72 Å². The molecule has 3 N–H and O–H groups in total. The lowest BCUT2D eigenvalue weighted by atomic mass is 10.1. The highest BCUT2D eigenvalue weighted by Gasteiger charge is 2.25. The number of carboxylic acids is 2. The molecule has 0 fully saturated rings. The largest absolute Gasteiger partial charge is 0.481 e. The van der Waals surface area contributed by atoms with E-state index in [0.717, 1.165) is 12.4 Å². The summed E-state index contributed by atoms with van der Waals surface area (Å²) in [5, 5.41) is 17.4. The van der Waals surface area contributed by atoms with Crippen LogP contribution in [0.3, 0.4) is 0 Å². The van der Waals surface area contributed by atoms with Gasteiger partial charge in [-0.05, 0) is 18.9 Å². The number of hydrogen-bond acceptors (Lipinski definition) is 5. The molecule has 0 saturated heterocycles. The maximum Gasteiger partial charge on any atom is 0.321 e. The summed E-state index contributed by atoms with van der Waals surface area (Å²) in [7, 11) is -4.26. The number of aliphatic carboxylic acids is 2. The first-order valence-electron chi connectivity index (χ1n) is 5.80. The maximum atomic E-state index is 12.9. The summed E-state index contributed by atoms with van der Waals surface area (Å²) >= 11 is 0. The van der Waals surface area contributed by atoms with Gasteiger partial charge >= 0.3 is 11.9 Å². The lowest BCUT2D eigenvalue weighted by molar-refractivity contribution is -0.140. The Morgan fingerprint density at radius 3 is 2.52 bits per heavy atom.